The Morgan fingerprint density at radius 2 is 2.36 bits per heavy atom. The second-order valence-corrected chi connectivity index (χ2v) is 5.78. The highest BCUT2D eigenvalue weighted by Gasteiger charge is 2.41. The van der Waals surface area contributed by atoms with E-state index >= 15 is 0 Å². The minimum atomic E-state index is 0.602. The molecular weight excluding hydrogens is 258 g/mol. The molecule has 0 radical (unpaired) electrons. The van der Waals surface area contributed by atoms with Gasteiger partial charge in [-0.2, -0.15) is 11.3 Å². The largest absolute Gasteiger partial charge is 0.302 e. The standard InChI is InChI=1S/C11H16BrNS/c1-13(6-10-2-5-14-7-10)9-11(8-12)3-4-11/h2,5,7H,3-4,6,8-9H2,1H3. The van der Waals surface area contributed by atoms with Crippen molar-refractivity contribution in [3.05, 3.63) is 22.4 Å². The van der Waals surface area contributed by atoms with E-state index in [4.69, 9.17) is 0 Å². The Labute approximate surface area is 98.2 Å². The first-order valence-electron chi connectivity index (χ1n) is 5.00. The van der Waals surface area contributed by atoms with Gasteiger partial charge in [0.15, 0.2) is 0 Å². The molecule has 1 aliphatic carbocycles. The first kappa shape index (κ1) is 10.7. The van der Waals surface area contributed by atoms with Crippen LogP contribution in [0.15, 0.2) is 16.8 Å². The third-order valence-electron chi connectivity index (χ3n) is 2.88. The molecule has 0 saturated heterocycles. The molecule has 1 fully saturated rings. The average molecular weight is 274 g/mol. The Bertz CT molecular complexity index is 279. The van der Waals surface area contributed by atoms with Crippen molar-refractivity contribution in [3.63, 3.8) is 0 Å². The van der Waals surface area contributed by atoms with Crippen molar-refractivity contribution < 1.29 is 0 Å². The normalized spacial score (nSPS) is 18.8. The van der Waals surface area contributed by atoms with Crippen LogP contribution in [-0.4, -0.2) is 23.8 Å². The third-order valence-corrected chi connectivity index (χ3v) is 4.80. The lowest BCUT2D eigenvalue weighted by Gasteiger charge is -2.21. The number of hydrogen-bond acceptors (Lipinski definition) is 2. The second-order valence-electron chi connectivity index (χ2n) is 4.44. The molecule has 3 heteroatoms. The maximum Gasteiger partial charge on any atom is 0.0239 e. The van der Waals surface area contributed by atoms with Crippen LogP contribution < -0.4 is 0 Å². The molecule has 0 N–H and O–H groups in total. The van der Waals surface area contributed by atoms with Crippen molar-refractivity contribution in [2.24, 2.45) is 5.41 Å². The molecule has 1 nitrogen and oxygen atoms in total. The molecule has 1 aliphatic rings. The smallest absolute Gasteiger partial charge is 0.0239 e. The average Bonchev–Trinajstić information content (AvgIpc) is 2.74. The highest BCUT2D eigenvalue weighted by molar-refractivity contribution is 9.09. The number of halogens is 1. The first-order chi connectivity index (χ1) is 6.74. The van der Waals surface area contributed by atoms with Gasteiger partial charge in [0.05, 0.1) is 0 Å². The molecule has 14 heavy (non-hydrogen) atoms. The molecule has 0 spiro atoms. The molecule has 1 heterocycles. The van der Waals surface area contributed by atoms with Crippen LogP contribution in [-0.2, 0) is 6.54 Å². The van der Waals surface area contributed by atoms with E-state index in [1.165, 1.54) is 24.9 Å². The molecule has 0 amide bonds. The molecule has 0 aliphatic heterocycles. The van der Waals surface area contributed by atoms with Crippen molar-refractivity contribution >= 4 is 27.3 Å². The maximum atomic E-state index is 3.62. The molecule has 78 valence electrons. The molecule has 1 aromatic rings. The van der Waals surface area contributed by atoms with Crippen molar-refractivity contribution in [1.29, 1.82) is 0 Å². The molecule has 0 unspecified atom stereocenters. The molecule has 1 saturated carbocycles. The van der Waals surface area contributed by atoms with Gasteiger partial charge in [-0.05, 0) is 47.7 Å². The van der Waals surface area contributed by atoms with E-state index in [-0.39, 0.29) is 0 Å². The topological polar surface area (TPSA) is 3.24 Å². The summed E-state index contributed by atoms with van der Waals surface area (Å²) in [6.45, 7) is 2.33. The number of alkyl halides is 1. The lowest BCUT2D eigenvalue weighted by Crippen LogP contribution is -2.27. The maximum absolute atomic E-state index is 3.62. The zero-order chi connectivity index (χ0) is 10.0. The Kier molecular flexibility index (Phi) is 3.30. The van der Waals surface area contributed by atoms with Crippen molar-refractivity contribution in [3.8, 4) is 0 Å². The Hall–Kier alpha value is 0.140. The van der Waals surface area contributed by atoms with E-state index in [1.807, 2.05) is 0 Å². The molecule has 0 atom stereocenters. The van der Waals surface area contributed by atoms with Crippen LogP contribution in [0.4, 0.5) is 0 Å². The summed E-state index contributed by atoms with van der Waals surface area (Å²) >= 11 is 5.40. The fraction of sp³-hybridized carbons (Fsp3) is 0.636. The van der Waals surface area contributed by atoms with Crippen molar-refractivity contribution in [2.75, 3.05) is 18.9 Å². The summed E-state index contributed by atoms with van der Waals surface area (Å²) in [7, 11) is 2.22. The summed E-state index contributed by atoms with van der Waals surface area (Å²) < 4.78 is 0. The zero-order valence-corrected chi connectivity index (χ0v) is 10.9. The van der Waals surface area contributed by atoms with Gasteiger partial charge in [0, 0.05) is 18.4 Å². The van der Waals surface area contributed by atoms with Gasteiger partial charge >= 0.3 is 0 Å². The third kappa shape index (κ3) is 2.59. The van der Waals surface area contributed by atoms with Gasteiger partial charge in [0.25, 0.3) is 0 Å². The minimum absolute atomic E-state index is 0.602. The van der Waals surface area contributed by atoms with Crippen LogP contribution in [0, 0.1) is 5.41 Å². The van der Waals surface area contributed by atoms with Crippen LogP contribution in [0.5, 0.6) is 0 Å². The van der Waals surface area contributed by atoms with E-state index in [2.05, 4.69) is 44.7 Å². The van der Waals surface area contributed by atoms with E-state index in [0.29, 0.717) is 5.41 Å². The number of thiophene rings is 1. The summed E-state index contributed by atoms with van der Waals surface area (Å²) in [5, 5.41) is 5.55. The predicted molar refractivity (Wildman–Crippen MR) is 66.1 cm³/mol. The van der Waals surface area contributed by atoms with Gasteiger partial charge in [-0.3, -0.25) is 0 Å². The first-order valence-corrected chi connectivity index (χ1v) is 7.06. The summed E-state index contributed by atoms with van der Waals surface area (Å²) in [6.07, 6.45) is 2.79. The summed E-state index contributed by atoms with van der Waals surface area (Å²) in [6, 6.07) is 2.22. The number of hydrogen-bond donors (Lipinski definition) is 0. The van der Waals surface area contributed by atoms with Gasteiger partial charge in [-0.1, -0.05) is 15.9 Å². The lowest BCUT2D eigenvalue weighted by atomic mass is 10.1. The SMILES string of the molecule is CN(Cc1ccsc1)CC1(CBr)CC1. The minimum Gasteiger partial charge on any atom is -0.302 e. The van der Waals surface area contributed by atoms with E-state index in [1.54, 1.807) is 11.3 Å². The van der Waals surface area contributed by atoms with Crippen LogP contribution in [0.1, 0.15) is 18.4 Å². The summed E-state index contributed by atoms with van der Waals surface area (Å²) in [5.41, 5.74) is 2.05. The summed E-state index contributed by atoms with van der Waals surface area (Å²) in [4.78, 5) is 2.44. The Morgan fingerprint density at radius 3 is 2.86 bits per heavy atom. The molecule has 1 aromatic heterocycles. The van der Waals surface area contributed by atoms with Crippen molar-refractivity contribution in [2.45, 2.75) is 19.4 Å². The Morgan fingerprint density at radius 1 is 1.57 bits per heavy atom. The van der Waals surface area contributed by atoms with Crippen LogP contribution in [0.25, 0.3) is 0 Å². The van der Waals surface area contributed by atoms with Gasteiger partial charge in [0.2, 0.25) is 0 Å². The van der Waals surface area contributed by atoms with E-state index in [9.17, 15) is 0 Å². The predicted octanol–water partition coefficient (Wildman–Crippen LogP) is 3.36. The Balaban J connectivity index is 1.82. The van der Waals surface area contributed by atoms with E-state index in [0.717, 1.165) is 11.9 Å². The highest BCUT2D eigenvalue weighted by atomic mass is 79.9. The molecule has 0 bridgehead atoms. The second kappa shape index (κ2) is 4.33. The molecule has 2 rings (SSSR count). The lowest BCUT2D eigenvalue weighted by molar-refractivity contribution is 0.271. The van der Waals surface area contributed by atoms with Gasteiger partial charge in [0.1, 0.15) is 0 Å². The molecule has 0 aromatic carbocycles. The van der Waals surface area contributed by atoms with Crippen LogP contribution in [0.2, 0.25) is 0 Å². The van der Waals surface area contributed by atoms with E-state index < -0.39 is 0 Å². The van der Waals surface area contributed by atoms with Gasteiger partial charge in [-0.25, -0.2) is 0 Å². The van der Waals surface area contributed by atoms with Gasteiger partial charge in [-0.15, -0.1) is 0 Å². The van der Waals surface area contributed by atoms with Crippen LogP contribution >= 0.6 is 27.3 Å². The highest BCUT2D eigenvalue weighted by Crippen LogP contribution is 2.47. The monoisotopic (exact) mass is 273 g/mol. The zero-order valence-electron chi connectivity index (χ0n) is 8.50. The fourth-order valence-electron chi connectivity index (χ4n) is 1.83. The molecular formula is C11H16BrNS. The number of nitrogens with zero attached hydrogens (tertiary/aromatic N) is 1. The van der Waals surface area contributed by atoms with Crippen molar-refractivity contribution in [1.82, 2.24) is 4.90 Å². The quantitative estimate of drug-likeness (QED) is 0.744. The number of rotatable bonds is 5. The summed E-state index contributed by atoms with van der Waals surface area (Å²) in [5.74, 6) is 0. The fourth-order valence-corrected chi connectivity index (χ4v) is 3.23. The van der Waals surface area contributed by atoms with Crippen LogP contribution in [0.3, 0.4) is 0 Å². The van der Waals surface area contributed by atoms with Gasteiger partial charge < -0.3 is 4.90 Å².